The Morgan fingerprint density at radius 3 is 2.44 bits per heavy atom. The van der Waals surface area contributed by atoms with E-state index < -0.39 is 11.7 Å². The van der Waals surface area contributed by atoms with Gasteiger partial charge in [0.05, 0.1) is 17.2 Å². The molecule has 5 heteroatoms. The van der Waals surface area contributed by atoms with Crippen LogP contribution in [0.3, 0.4) is 0 Å². The van der Waals surface area contributed by atoms with E-state index in [1.807, 2.05) is 0 Å². The van der Waals surface area contributed by atoms with Crippen LogP contribution < -0.4 is 0 Å². The zero-order valence-electron chi connectivity index (χ0n) is 8.76. The van der Waals surface area contributed by atoms with Gasteiger partial charge in [0.2, 0.25) is 0 Å². The smallest absolute Gasteiger partial charge is 0.293 e. The summed E-state index contributed by atoms with van der Waals surface area (Å²) >= 11 is 0. The van der Waals surface area contributed by atoms with Crippen molar-refractivity contribution in [3.8, 4) is 6.07 Å². The predicted molar refractivity (Wildman–Crippen MR) is 54.3 cm³/mol. The molecular formula is C11H9F3N2. The zero-order valence-corrected chi connectivity index (χ0v) is 8.76. The summed E-state index contributed by atoms with van der Waals surface area (Å²) < 4.78 is 37.8. The molecule has 2 nitrogen and oxygen atoms in total. The Hall–Kier alpha value is -1.83. The Kier molecular flexibility index (Phi) is 3.33. The topological polar surface area (TPSA) is 36.1 Å². The summed E-state index contributed by atoms with van der Waals surface area (Å²) in [5.41, 5.74) is -0.431. The molecule has 16 heavy (non-hydrogen) atoms. The number of hydrogen-bond acceptors (Lipinski definition) is 2. The molecule has 0 atom stereocenters. The molecule has 0 aliphatic rings. The van der Waals surface area contributed by atoms with Gasteiger partial charge in [-0.2, -0.15) is 18.4 Å². The molecule has 0 radical (unpaired) electrons. The first-order valence-electron chi connectivity index (χ1n) is 4.45. The average Bonchev–Trinajstić information content (AvgIpc) is 2.26. The predicted octanol–water partition coefficient (Wildman–Crippen LogP) is 3.02. The normalized spacial score (nSPS) is 12.4. The van der Waals surface area contributed by atoms with E-state index in [4.69, 9.17) is 5.26 Å². The molecule has 1 rings (SSSR count). The fourth-order valence-corrected chi connectivity index (χ4v) is 1.23. The average molecular weight is 226 g/mol. The number of nitrogens with zero attached hydrogens (tertiary/aromatic N) is 2. The van der Waals surface area contributed by atoms with Gasteiger partial charge in [0.1, 0.15) is 0 Å². The molecule has 1 aromatic carbocycles. The summed E-state index contributed by atoms with van der Waals surface area (Å²) in [4.78, 5) is 3.80. The molecule has 0 saturated carbocycles. The van der Waals surface area contributed by atoms with Crippen LogP contribution in [0.4, 0.5) is 13.2 Å². The monoisotopic (exact) mass is 226 g/mol. The standard InChI is InChI=1S/C11H9F3N2/c1-7(16-2)8-3-4-9(6-15)10(5-8)11(12,13)14/h3-5H,1-2H3. The van der Waals surface area contributed by atoms with Gasteiger partial charge in [-0.15, -0.1) is 0 Å². The lowest BCUT2D eigenvalue weighted by Gasteiger charge is -2.10. The third-order valence-electron chi connectivity index (χ3n) is 2.20. The van der Waals surface area contributed by atoms with Crippen LogP contribution in [0.25, 0.3) is 0 Å². The first-order valence-corrected chi connectivity index (χ1v) is 4.45. The van der Waals surface area contributed by atoms with E-state index in [0.717, 1.165) is 12.1 Å². The van der Waals surface area contributed by atoms with E-state index in [1.165, 1.54) is 19.2 Å². The van der Waals surface area contributed by atoms with Crippen LogP contribution in [0, 0.1) is 11.3 Å². The van der Waals surface area contributed by atoms with Crippen molar-refractivity contribution in [2.45, 2.75) is 13.1 Å². The number of alkyl halides is 3. The van der Waals surface area contributed by atoms with Gasteiger partial charge in [0, 0.05) is 12.8 Å². The highest BCUT2D eigenvalue weighted by molar-refractivity contribution is 5.98. The van der Waals surface area contributed by atoms with Gasteiger partial charge in [-0.05, 0) is 24.6 Å². The van der Waals surface area contributed by atoms with Crippen LogP contribution in [0.1, 0.15) is 23.6 Å². The van der Waals surface area contributed by atoms with E-state index in [0.29, 0.717) is 11.3 Å². The minimum atomic E-state index is -4.52. The van der Waals surface area contributed by atoms with E-state index >= 15 is 0 Å². The second-order valence-electron chi connectivity index (χ2n) is 3.18. The number of aliphatic imine (C=N–C) groups is 1. The molecule has 0 N–H and O–H groups in total. The van der Waals surface area contributed by atoms with Gasteiger partial charge in [-0.1, -0.05) is 6.07 Å². The van der Waals surface area contributed by atoms with E-state index in [-0.39, 0.29) is 5.56 Å². The largest absolute Gasteiger partial charge is 0.417 e. The highest BCUT2D eigenvalue weighted by atomic mass is 19.4. The zero-order chi connectivity index (χ0) is 12.3. The minimum Gasteiger partial charge on any atom is -0.293 e. The van der Waals surface area contributed by atoms with Crippen LogP contribution in [0.15, 0.2) is 23.2 Å². The van der Waals surface area contributed by atoms with Crippen LogP contribution in [-0.4, -0.2) is 12.8 Å². The molecular weight excluding hydrogens is 217 g/mol. The first-order chi connectivity index (χ1) is 7.40. The fraction of sp³-hybridized carbons (Fsp3) is 0.273. The van der Waals surface area contributed by atoms with Gasteiger partial charge in [0.25, 0.3) is 0 Å². The molecule has 0 heterocycles. The Morgan fingerprint density at radius 2 is 2.00 bits per heavy atom. The Morgan fingerprint density at radius 1 is 1.38 bits per heavy atom. The van der Waals surface area contributed by atoms with Crippen molar-refractivity contribution in [2.75, 3.05) is 7.05 Å². The Balaban J connectivity index is 3.40. The molecule has 0 aliphatic heterocycles. The van der Waals surface area contributed by atoms with Crippen molar-refractivity contribution in [2.24, 2.45) is 4.99 Å². The molecule has 0 bridgehead atoms. The quantitative estimate of drug-likeness (QED) is 0.678. The van der Waals surface area contributed by atoms with Gasteiger partial charge in [0.15, 0.2) is 0 Å². The van der Waals surface area contributed by atoms with E-state index in [9.17, 15) is 13.2 Å². The maximum absolute atomic E-state index is 12.6. The summed E-state index contributed by atoms with van der Waals surface area (Å²) in [6.45, 7) is 1.61. The van der Waals surface area contributed by atoms with E-state index in [1.54, 1.807) is 6.92 Å². The van der Waals surface area contributed by atoms with Crippen molar-refractivity contribution < 1.29 is 13.2 Å². The van der Waals surface area contributed by atoms with Crippen molar-refractivity contribution in [3.63, 3.8) is 0 Å². The Labute approximate surface area is 91.0 Å². The third kappa shape index (κ3) is 2.40. The van der Waals surface area contributed by atoms with Crippen LogP contribution in [0.2, 0.25) is 0 Å². The maximum atomic E-state index is 12.6. The number of rotatable bonds is 1. The van der Waals surface area contributed by atoms with E-state index in [2.05, 4.69) is 4.99 Å². The minimum absolute atomic E-state index is 0.369. The van der Waals surface area contributed by atoms with Gasteiger partial charge in [-0.3, -0.25) is 4.99 Å². The second-order valence-corrected chi connectivity index (χ2v) is 3.18. The number of benzene rings is 1. The number of hydrogen-bond donors (Lipinski definition) is 0. The molecule has 0 amide bonds. The lowest BCUT2D eigenvalue weighted by molar-refractivity contribution is -0.137. The first kappa shape index (κ1) is 12.2. The molecule has 0 aromatic heterocycles. The van der Waals surface area contributed by atoms with Crippen molar-refractivity contribution >= 4 is 5.71 Å². The van der Waals surface area contributed by atoms with Crippen LogP contribution in [-0.2, 0) is 6.18 Å². The lowest BCUT2D eigenvalue weighted by atomic mass is 10.0. The summed E-state index contributed by atoms with van der Waals surface area (Å²) in [5, 5.41) is 8.59. The molecule has 0 fully saturated rings. The molecule has 0 aliphatic carbocycles. The molecule has 0 spiro atoms. The van der Waals surface area contributed by atoms with Crippen molar-refractivity contribution in [1.82, 2.24) is 0 Å². The fourth-order valence-electron chi connectivity index (χ4n) is 1.23. The van der Waals surface area contributed by atoms with Gasteiger partial charge < -0.3 is 0 Å². The van der Waals surface area contributed by atoms with Gasteiger partial charge in [-0.25, -0.2) is 0 Å². The molecule has 0 unspecified atom stereocenters. The molecule has 84 valence electrons. The van der Waals surface area contributed by atoms with Crippen LogP contribution in [0.5, 0.6) is 0 Å². The van der Waals surface area contributed by atoms with Crippen molar-refractivity contribution in [1.29, 1.82) is 5.26 Å². The SMILES string of the molecule is CN=C(C)c1ccc(C#N)c(C(F)(F)F)c1. The molecule has 1 aromatic rings. The number of nitriles is 1. The Bertz CT molecular complexity index is 467. The summed E-state index contributed by atoms with van der Waals surface area (Å²) in [5.74, 6) is 0. The summed E-state index contributed by atoms with van der Waals surface area (Å²) in [7, 11) is 1.50. The van der Waals surface area contributed by atoms with Crippen LogP contribution >= 0.6 is 0 Å². The van der Waals surface area contributed by atoms with Crippen molar-refractivity contribution in [3.05, 3.63) is 34.9 Å². The summed E-state index contributed by atoms with van der Waals surface area (Å²) in [6.07, 6.45) is -4.52. The summed E-state index contributed by atoms with van der Waals surface area (Å²) in [6, 6.07) is 5.09. The maximum Gasteiger partial charge on any atom is 0.417 e. The van der Waals surface area contributed by atoms with Gasteiger partial charge >= 0.3 is 6.18 Å². The number of halogens is 3. The lowest BCUT2D eigenvalue weighted by Crippen LogP contribution is -2.09. The second kappa shape index (κ2) is 4.35. The highest BCUT2D eigenvalue weighted by Crippen LogP contribution is 2.32. The third-order valence-corrected chi connectivity index (χ3v) is 2.20. The highest BCUT2D eigenvalue weighted by Gasteiger charge is 2.33. The molecule has 0 saturated heterocycles.